The SMILES string of the molecule is CC[C@H](C)Nc1nc2cccnc2s1. The zero-order valence-corrected chi connectivity index (χ0v) is 9.14. The van der Waals surface area contributed by atoms with Crippen LogP contribution in [0.3, 0.4) is 0 Å². The van der Waals surface area contributed by atoms with Crippen molar-refractivity contribution in [2.45, 2.75) is 26.3 Å². The molecule has 2 rings (SSSR count). The number of rotatable bonds is 3. The molecule has 0 fully saturated rings. The van der Waals surface area contributed by atoms with Crippen molar-refractivity contribution in [2.75, 3.05) is 5.32 Å². The van der Waals surface area contributed by atoms with Crippen LogP contribution < -0.4 is 5.32 Å². The minimum atomic E-state index is 0.468. The molecule has 0 aliphatic heterocycles. The second-order valence-corrected chi connectivity index (χ2v) is 4.28. The molecule has 4 heteroatoms. The highest BCUT2D eigenvalue weighted by Gasteiger charge is 2.05. The summed E-state index contributed by atoms with van der Waals surface area (Å²) in [4.78, 5) is 9.69. The van der Waals surface area contributed by atoms with Crippen LogP contribution in [0.4, 0.5) is 5.13 Å². The zero-order chi connectivity index (χ0) is 9.97. The molecule has 3 nitrogen and oxygen atoms in total. The Hall–Kier alpha value is -1.16. The minimum absolute atomic E-state index is 0.468. The molecule has 0 amide bonds. The molecule has 0 spiro atoms. The van der Waals surface area contributed by atoms with Gasteiger partial charge < -0.3 is 5.32 Å². The van der Waals surface area contributed by atoms with E-state index in [1.807, 2.05) is 12.1 Å². The summed E-state index contributed by atoms with van der Waals surface area (Å²) in [5, 5.41) is 4.31. The van der Waals surface area contributed by atoms with Gasteiger partial charge in [-0.25, -0.2) is 9.97 Å². The zero-order valence-electron chi connectivity index (χ0n) is 8.32. The summed E-state index contributed by atoms with van der Waals surface area (Å²) in [5.74, 6) is 0. The second kappa shape index (κ2) is 3.92. The number of nitrogens with one attached hydrogen (secondary N) is 1. The predicted molar refractivity (Wildman–Crippen MR) is 60.8 cm³/mol. The second-order valence-electron chi connectivity index (χ2n) is 3.30. The van der Waals surface area contributed by atoms with Crippen LogP contribution in [-0.4, -0.2) is 16.0 Å². The van der Waals surface area contributed by atoms with Crippen LogP contribution in [0.25, 0.3) is 10.3 Å². The van der Waals surface area contributed by atoms with Crippen LogP contribution in [0.15, 0.2) is 18.3 Å². The number of pyridine rings is 1. The average Bonchev–Trinajstić information content (AvgIpc) is 2.59. The van der Waals surface area contributed by atoms with Crippen molar-refractivity contribution in [1.29, 1.82) is 0 Å². The van der Waals surface area contributed by atoms with E-state index >= 15 is 0 Å². The number of thiazole rings is 1. The van der Waals surface area contributed by atoms with Crippen molar-refractivity contribution in [1.82, 2.24) is 9.97 Å². The number of fused-ring (bicyclic) bond motifs is 1. The van der Waals surface area contributed by atoms with Gasteiger partial charge in [-0.05, 0) is 25.5 Å². The fraction of sp³-hybridized carbons (Fsp3) is 0.400. The van der Waals surface area contributed by atoms with E-state index in [-0.39, 0.29) is 0 Å². The smallest absolute Gasteiger partial charge is 0.185 e. The van der Waals surface area contributed by atoms with E-state index in [0.717, 1.165) is 21.9 Å². The quantitative estimate of drug-likeness (QED) is 0.841. The highest BCUT2D eigenvalue weighted by molar-refractivity contribution is 7.21. The lowest BCUT2D eigenvalue weighted by Crippen LogP contribution is -2.12. The largest absolute Gasteiger partial charge is 0.359 e. The fourth-order valence-corrected chi connectivity index (χ4v) is 2.06. The van der Waals surface area contributed by atoms with Crippen LogP contribution >= 0.6 is 11.3 Å². The third-order valence-corrected chi connectivity index (χ3v) is 3.06. The van der Waals surface area contributed by atoms with Crippen molar-refractivity contribution >= 4 is 26.8 Å². The van der Waals surface area contributed by atoms with Crippen molar-refractivity contribution < 1.29 is 0 Å². The Kier molecular flexibility index (Phi) is 2.63. The average molecular weight is 207 g/mol. The summed E-state index contributed by atoms with van der Waals surface area (Å²) in [6, 6.07) is 4.37. The van der Waals surface area contributed by atoms with Crippen molar-refractivity contribution in [3.05, 3.63) is 18.3 Å². The molecule has 0 aromatic carbocycles. The molecule has 0 aliphatic carbocycles. The van der Waals surface area contributed by atoms with Gasteiger partial charge in [0.05, 0.1) is 0 Å². The summed E-state index contributed by atoms with van der Waals surface area (Å²) in [6.07, 6.45) is 2.90. The molecule has 2 heterocycles. The summed E-state index contributed by atoms with van der Waals surface area (Å²) < 4.78 is 0. The van der Waals surface area contributed by atoms with Gasteiger partial charge >= 0.3 is 0 Å². The molecule has 0 unspecified atom stereocenters. The molecule has 14 heavy (non-hydrogen) atoms. The number of anilines is 1. The normalized spacial score (nSPS) is 13.0. The topological polar surface area (TPSA) is 37.8 Å². The van der Waals surface area contributed by atoms with E-state index in [1.54, 1.807) is 17.5 Å². The maximum Gasteiger partial charge on any atom is 0.185 e. The Balaban J connectivity index is 2.27. The van der Waals surface area contributed by atoms with Crippen molar-refractivity contribution in [2.24, 2.45) is 0 Å². The Labute approximate surface area is 87.2 Å². The first-order valence-electron chi connectivity index (χ1n) is 4.77. The van der Waals surface area contributed by atoms with E-state index in [2.05, 4.69) is 29.1 Å². The number of nitrogens with zero attached hydrogens (tertiary/aromatic N) is 2. The fourth-order valence-electron chi connectivity index (χ4n) is 1.14. The van der Waals surface area contributed by atoms with Gasteiger partial charge in [0, 0.05) is 12.2 Å². The molecule has 0 bridgehead atoms. The molecule has 0 radical (unpaired) electrons. The first-order valence-corrected chi connectivity index (χ1v) is 5.59. The number of hydrogen-bond donors (Lipinski definition) is 1. The Morgan fingerprint density at radius 3 is 3.14 bits per heavy atom. The van der Waals surface area contributed by atoms with E-state index in [9.17, 15) is 0 Å². The molecule has 2 aromatic rings. The Morgan fingerprint density at radius 2 is 2.43 bits per heavy atom. The maximum atomic E-state index is 4.45. The standard InChI is InChI=1S/C10H13N3S/c1-3-7(2)12-10-13-8-5-4-6-11-9(8)14-10/h4-7H,3H2,1-2H3,(H,12,13)/t7-/m0/s1. The van der Waals surface area contributed by atoms with Gasteiger partial charge in [0.1, 0.15) is 10.3 Å². The summed E-state index contributed by atoms with van der Waals surface area (Å²) >= 11 is 1.61. The third kappa shape index (κ3) is 1.85. The molecule has 1 atom stereocenters. The van der Waals surface area contributed by atoms with Crippen molar-refractivity contribution in [3.63, 3.8) is 0 Å². The van der Waals surface area contributed by atoms with Gasteiger partial charge in [0.2, 0.25) is 0 Å². The molecule has 0 aliphatic rings. The molecular formula is C10H13N3S. The lowest BCUT2D eigenvalue weighted by atomic mass is 10.3. The molecule has 0 saturated heterocycles. The molecule has 2 aromatic heterocycles. The van der Waals surface area contributed by atoms with Gasteiger partial charge in [-0.1, -0.05) is 18.3 Å². The van der Waals surface area contributed by atoms with Crippen molar-refractivity contribution in [3.8, 4) is 0 Å². The number of hydrogen-bond acceptors (Lipinski definition) is 4. The third-order valence-electron chi connectivity index (χ3n) is 2.15. The monoisotopic (exact) mass is 207 g/mol. The van der Waals surface area contributed by atoms with Crippen LogP contribution in [0.1, 0.15) is 20.3 Å². The van der Waals surface area contributed by atoms with E-state index < -0.39 is 0 Å². The number of aromatic nitrogens is 2. The van der Waals surface area contributed by atoms with Crippen LogP contribution in [0.2, 0.25) is 0 Å². The van der Waals surface area contributed by atoms with E-state index in [0.29, 0.717) is 6.04 Å². The summed E-state index contributed by atoms with van der Waals surface area (Å²) in [6.45, 7) is 4.31. The van der Waals surface area contributed by atoms with Crippen LogP contribution in [-0.2, 0) is 0 Å². The highest BCUT2D eigenvalue weighted by atomic mass is 32.1. The Morgan fingerprint density at radius 1 is 1.57 bits per heavy atom. The van der Waals surface area contributed by atoms with Gasteiger partial charge in [-0.15, -0.1) is 0 Å². The van der Waals surface area contributed by atoms with E-state index in [1.165, 1.54) is 0 Å². The molecular weight excluding hydrogens is 194 g/mol. The van der Waals surface area contributed by atoms with Gasteiger partial charge in [0.15, 0.2) is 5.13 Å². The highest BCUT2D eigenvalue weighted by Crippen LogP contribution is 2.24. The van der Waals surface area contributed by atoms with Gasteiger partial charge in [-0.2, -0.15) is 0 Å². The first kappa shape index (κ1) is 9.40. The van der Waals surface area contributed by atoms with E-state index in [4.69, 9.17) is 0 Å². The predicted octanol–water partition coefficient (Wildman–Crippen LogP) is 2.90. The molecule has 0 saturated carbocycles. The maximum absolute atomic E-state index is 4.45. The lowest BCUT2D eigenvalue weighted by molar-refractivity contribution is 0.763. The summed E-state index contributed by atoms with van der Waals surface area (Å²) in [5.41, 5.74) is 0.975. The lowest BCUT2D eigenvalue weighted by Gasteiger charge is -2.08. The molecule has 74 valence electrons. The first-order chi connectivity index (χ1) is 6.79. The van der Waals surface area contributed by atoms with Crippen LogP contribution in [0.5, 0.6) is 0 Å². The summed E-state index contributed by atoms with van der Waals surface area (Å²) in [7, 11) is 0. The van der Waals surface area contributed by atoms with Crippen LogP contribution in [0, 0.1) is 0 Å². The minimum Gasteiger partial charge on any atom is -0.359 e. The van der Waals surface area contributed by atoms with Gasteiger partial charge in [-0.3, -0.25) is 0 Å². The Bertz CT molecular complexity index is 391. The van der Waals surface area contributed by atoms with Gasteiger partial charge in [0.25, 0.3) is 0 Å². The molecule has 1 N–H and O–H groups in total.